The van der Waals surface area contributed by atoms with Gasteiger partial charge in [0.05, 0.1) is 10.7 Å². The van der Waals surface area contributed by atoms with Gasteiger partial charge < -0.3 is 5.11 Å². The molecule has 2 rings (SSSR count). The summed E-state index contributed by atoms with van der Waals surface area (Å²) in [4.78, 5) is 12.1. The van der Waals surface area contributed by atoms with Crippen LogP contribution in [0.1, 0.15) is 18.1 Å². The van der Waals surface area contributed by atoms with Gasteiger partial charge in [0, 0.05) is 16.7 Å². The third kappa shape index (κ3) is 2.48. The summed E-state index contributed by atoms with van der Waals surface area (Å²) in [5.74, 6) is -0.0864. The quantitative estimate of drug-likeness (QED) is 0.918. The molecule has 100 valence electrons. The Bertz CT molecular complexity index is 693. The molecule has 1 heterocycles. The van der Waals surface area contributed by atoms with Crippen LogP contribution in [-0.2, 0) is 6.42 Å². The zero-order chi connectivity index (χ0) is 14.2. The van der Waals surface area contributed by atoms with Crippen molar-refractivity contribution in [1.29, 1.82) is 0 Å². The van der Waals surface area contributed by atoms with Gasteiger partial charge in [-0.25, -0.2) is 4.57 Å². The number of hydrogen-bond donors (Lipinski definition) is 1. The van der Waals surface area contributed by atoms with Crippen LogP contribution in [0.15, 0.2) is 29.1 Å². The van der Waals surface area contributed by atoms with E-state index in [4.69, 9.17) is 23.2 Å². The molecule has 1 aromatic carbocycles. The Morgan fingerprint density at radius 2 is 1.95 bits per heavy atom. The summed E-state index contributed by atoms with van der Waals surface area (Å²) in [6, 6.07) is 6.26. The average molecular weight is 298 g/mol. The summed E-state index contributed by atoms with van der Waals surface area (Å²) in [6.07, 6.45) is 0.621. The second kappa shape index (κ2) is 5.27. The van der Waals surface area contributed by atoms with E-state index in [0.717, 1.165) is 11.1 Å². The summed E-state index contributed by atoms with van der Waals surface area (Å²) in [7, 11) is 0. The molecule has 1 N–H and O–H groups in total. The molecule has 0 aliphatic carbocycles. The minimum atomic E-state index is -0.337. The molecule has 2 aromatic rings. The molecule has 0 saturated heterocycles. The molecule has 0 aliphatic rings. The molecular formula is C14H13Cl2NO2. The highest BCUT2D eigenvalue weighted by Crippen LogP contribution is 2.28. The largest absolute Gasteiger partial charge is 0.494 e. The molecule has 0 fully saturated rings. The Labute approximate surface area is 121 Å². The normalized spacial score (nSPS) is 10.7. The monoisotopic (exact) mass is 297 g/mol. The van der Waals surface area contributed by atoms with E-state index in [1.807, 2.05) is 6.92 Å². The van der Waals surface area contributed by atoms with Crippen LogP contribution in [0.4, 0.5) is 0 Å². The third-order valence-corrected chi connectivity index (χ3v) is 3.58. The Kier molecular flexibility index (Phi) is 3.88. The SMILES string of the molecule is CCc1c(C)cc(=O)n(-c2cc(Cl)ccc2Cl)c1O. The summed E-state index contributed by atoms with van der Waals surface area (Å²) in [5.41, 5.74) is 1.53. The van der Waals surface area contributed by atoms with Crippen molar-refractivity contribution in [2.75, 3.05) is 0 Å². The van der Waals surface area contributed by atoms with Gasteiger partial charge in [0.1, 0.15) is 0 Å². The molecule has 0 atom stereocenters. The van der Waals surface area contributed by atoms with Crippen molar-refractivity contribution in [2.45, 2.75) is 20.3 Å². The molecular weight excluding hydrogens is 285 g/mol. The Hall–Kier alpha value is -1.45. The molecule has 19 heavy (non-hydrogen) atoms. The van der Waals surface area contributed by atoms with Gasteiger partial charge in [0.2, 0.25) is 5.88 Å². The number of aromatic hydroxyl groups is 1. The van der Waals surface area contributed by atoms with E-state index >= 15 is 0 Å². The first-order valence-electron chi connectivity index (χ1n) is 5.85. The minimum Gasteiger partial charge on any atom is -0.494 e. The first-order chi connectivity index (χ1) is 8.95. The lowest BCUT2D eigenvalue weighted by Gasteiger charge is -2.15. The fourth-order valence-electron chi connectivity index (χ4n) is 2.08. The molecule has 0 radical (unpaired) electrons. The van der Waals surface area contributed by atoms with Crippen LogP contribution in [0.2, 0.25) is 10.0 Å². The predicted molar refractivity (Wildman–Crippen MR) is 77.8 cm³/mol. The first kappa shape index (κ1) is 14.0. The van der Waals surface area contributed by atoms with Crippen LogP contribution in [0.5, 0.6) is 5.88 Å². The number of pyridine rings is 1. The molecule has 0 bridgehead atoms. The van der Waals surface area contributed by atoms with Crippen LogP contribution in [-0.4, -0.2) is 9.67 Å². The highest BCUT2D eigenvalue weighted by molar-refractivity contribution is 6.34. The maximum absolute atomic E-state index is 12.1. The molecule has 5 heteroatoms. The van der Waals surface area contributed by atoms with Crippen molar-refractivity contribution in [1.82, 2.24) is 4.57 Å². The summed E-state index contributed by atoms with van der Waals surface area (Å²) in [6.45, 7) is 3.71. The summed E-state index contributed by atoms with van der Waals surface area (Å²) in [5, 5.41) is 11.1. The molecule has 0 amide bonds. The lowest BCUT2D eigenvalue weighted by Crippen LogP contribution is -2.19. The standard InChI is InChI=1S/C14H13Cl2NO2/c1-3-10-8(2)6-13(18)17(14(10)19)12-7-9(15)4-5-11(12)16/h4-7,19H,3H2,1-2H3. The zero-order valence-corrected chi connectivity index (χ0v) is 12.1. The highest BCUT2D eigenvalue weighted by Gasteiger charge is 2.15. The highest BCUT2D eigenvalue weighted by atomic mass is 35.5. The lowest BCUT2D eigenvalue weighted by atomic mass is 10.1. The van der Waals surface area contributed by atoms with Crippen molar-refractivity contribution in [3.63, 3.8) is 0 Å². The third-order valence-electron chi connectivity index (χ3n) is 3.02. The Morgan fingerprint density at radius 1 is 1.26 bits per heavy atom. The maximum Gasteiger partial charge on any atom is 0.258 e. The van der Waals surface area contributed by atoms with Gasteiger partial charge in [-0.15, -0.1) is 0 Å². The van der Waals surface area contributed by atoms with Crippen LogP contribution in [0.3, 0.4) is 0 Å². The number of nitrogens with zero attached hydrogens (tertiary/aromatic N) is 1. The van der Waals surface area contributed by atoms with Crippen molar-refractivity contribution in [2.24, 2.45) is 0 Å². The van der Waals surface area contributed by atoms with Gasteiger partial charge in [0.25, 0.3) is 5.56 Å². The molecule has 0 spiro atoms. The van der Waals surface area contributed by atoms with Crippen molar-refractivity contribution >= 4 is 23.2 Å². The number of halogens is 2. The molecule has 0 saturated carbocycles. The van der Waals surface area contributed by atoms with E-state index in [9.17, 15) is 9.90 Å². The summed E-state index contributed by atoms with van der Waals surface area (Å²) < 4.78 is 1.18. The first-order valence-corrected chi connectivity index (χ1v) is 6.61. The Balaban J connectivity index is 2.83. The predicted octanol–water partition coefficient (Wildman–Crippen LogP) is 3.72. The van der Waals surface area contributed by atoms with Crippen LogP contribution < -0.4 is 5.56 Å². The topological polar surface area (TPSA) is 42.2 Å². The second-order valence-corrected chi connectivity index (χ2v) is 5.10. The van der Waals surface area contributed by atoms with E-state index < -0.39 is 0 Å². The Morgan fingerprint density at radius 3 is 2.58 bits per heavy atom. The number of aromatic nitrogens is 1. The number of benzene rings is 1. The van der Waals surface area contributed by atoms with Crippen LogP contribution in [0.25, 0.3) is 5.69 Å². The van der Waals surface area contributed by atoms with E-state index in [-0.39, 0.29) is 11.4 Å². The maximum atomic E-state index is 12.1. The van der Waals surface area contributed by atoms with Gasteiger partial charge in [0.15, 0.2) is 0 Å². The smallest absolute Gasteiger partial charge is 0.258 e. The van der Waals surface area contributed by atoms with Gasteiger partial charge in [-0.05, 0) is 37.1 Å². The van der Waals surface area contributed by atoms with E-state index in [1.165, 1.54) is 10.6 Å². The molecule has 3 nitrogen and oxygen atoms in total. The minimum absolute atomic E-state index is 0.0864. The van der Waals surface area contributed by atoms with Crippen LogP contribution >= 0.6 is 23.2 Å². The molecule has 1 aromatic heterocycles. The van der Waals surface area contributed by atoms with Crippen molar-refractivity contribution < 1.29 is 5.11 Å². The molecule has 0 unspecified atom stereocenters. The van der Waals surface area contributed by atoms with Gasteiger partial charge >= 0.3 is 0 Å². The van der Waals surface area contributed by atoms with Crippen molar-refractivity contribution in [3.05, 3.63) is 55.8 Å². The van der Waals surface area contributed by atoms with Crippen LogP contribution in [0, 0.1) is 6.92 Å². The molecule has 0 aliphatic heterocycles. The van der Waals surface area contributed by atoms with Crippen molar-refractivity contribution in [3.8, 4) is 11.6 Å². The van der Waals surface area contributed by atoms with Gasteiger partial charge in [-0.1, -0.05) is 30.1 Å². The second-order valence-electron chi connectivity index (χ2n) is 4.25. The van der Waals surface area contributed by atoms with Gasteiger partial charge in [-0.2, -0.15) is 0 Å². The fourth-order valence-corrected chi connectivity index (χ4v) is 2.45. The zero-order valence-electron chi connectivity index (χ0n) is 10.6. The van der Waals surface area contributed by atoms with E-state index in [0.29, 0.717) is 22.2 Å². The fraction of sp³-hybridized carbons (Fsp3) is 0.214. The van der Waals surface area contributed by atoms with Gasteiger partial charge in [-0.3, -0.25) is 4.79 Å². The van der Waals surface area contributed by atoms with E-state index in [2.05, 4.69) is 0 Å². The average Bonchev–Trinajstić information content (AvgIpc) is 2.33. The number of hydrogen-bond acceptors (Lipinski definition) is 2. The number of rotatable bonds is 2. The summed E-state index contributed by atoms with van der Waals surface area (Å²) >= 11 is 12.0. The lowest BCUT2D eigenvalue weighted by molar-refractivity contribution is 0.428. The van der Waals surface area contributed by atoms with E-state index in [1.54, 1.807) is 25.1 Å². The number of aryl methyl sites for hydroxylation is 1.